The van der Waals surface area contributed by atoms with Crippen molar-refractivity contribution in [3.63, 3.8) is 0 Å². The van der Waals surface area contributed by atoms with E-state index in [1.165, 1.54) is 0 Å². The lowest BCUT2D eigenvalue weighted by Gasteiger charge is -2.07. The zero-order valence-corrected chi connectivity index (χ0v) is 10.9. The summed E-state index contributed by atoms with van der Waals surface area (Å²) in [5.41, 5.74) is 0. The molecular weight excluding hydrogens is 254 g/mol. The first-order valence-electron chi connectivity index (χ1n) is 6.15. The van der Waals surface area contributed by atoms with Crippen molar-refractivity contribution in [3.8, 4) is 23.1 Å². The minimum absolute atomic E-state index is 0.234. The molecule has 0 amide bonds. The summed E-state index contributed by atoms with van der Waals surface area (Å²) in [6, 6.07) is 14.4. The van der Waals surface area contributed by atoms with Gasteiger partial charge in [-0.2, -0.15) is 0 Å². The van der Waals surface area contributed by atoms with Crippen molar-refractivity contribution in [1.29, 1.82) is 0 Å². The van der Waals surface area contributed by atoms with Gasteiger partial charge in [-0.25, -0.2) is 4.98 Å². The van der Waals surface area contributed by atoms with Gasteiger partial charge in [0, 0.05) is 6.07 Å². The van der Waals surface area contributed by atoms with E-state index in [1.807, 2.05) is 24.3 Å². The maximum Gasteiger partial charge on any atom is 0.219 e. The largest absolute Gasteiger partial charge is 0.508 e. The molecule has 0 radical (unpaired) electrons. The van der Waals surface area contributed by atoms with Crippen LogP contribution in [0.5, 0.6) is 23.1 Å². The average molecular weight is 267 g/mol. The van der Waals surface area contributed by atoms with Gasteiger partial charge in [0.25, 0.3) is 0 Å². The van der Waals surface area contributed by atoms with Crippen molar-refractivity contribution in [1.82, 2.24) is 4.98 Å². The van der Waals surface area contributed by atoms with Crippen LogP contribution in [-0.2, 0) is 0 Å². The van der Waals surface area contributed by atoms with Gasteiger partial charge in [0.2, 0.25) is 5.88 Å². The van der Waals surface area contributed by atoms with Crippen molar-refractivity contribution in [2.75, 3.05) is 7.11 Å². The van der Waals surface area contributed by atoms with E-state index in [4.69, 9.17) is 9.47 Å². The molecule has 20 heavy (non-hydrogen) atoms. The maximum absolute atomic E-state index is 9.50. The number of benzene rings is 2. The number of hydrogen-bond donors (Lipinski definition) is 1. The fourth-order valence-electron chi connectivity index (χ4n) is 1.94. The molecular formula is C16H13NO3. The average Bonchev–Trinajstić information content (AvgIpc) is 2.47. The van der Waals surface area contributed by atoms with Gasteiger partial charge in [-0.15, -0.1) is 0 Å². The Kier molecular flexibility index (Phi) is 3.13. The fourth-order valence-corrected chi connectivity index (χ4v) is 1.94. The Morgan fingerprint density at radius 1 is 0.900 bits per heavy atom. The first-order valence-corrected chi connectivity index (χ1v) is 6.15. The van der Waals surface area contributed by atoms with Crippen LogP contribution in [0.1, 0.15) is 0 Å². The summed E-state index contributed by atoms with van der Waals surface area (Å²) in [5, 5.41) is 11.5. The monoisotopic (exact) mass is 267 g/mol. The van der Waals surface area contributed by atoms with E-state index in [-0.39, 0.29) is 5.75 Å². The Balaban J connectivity index is 1.89. The lowest BCUT2D eigenvalue weighted by molar-refractivity contribution is 0.408. The zero-order chi connectivity index (χ0) is 13.9. The smallest absolute Gasteiger partial charge is 0.219 e. The highest BCUT2D eigenvalue weighted by Crippen LogP contribution is 2.27. The van der Waals surface area contributed by atoms with Crippen LogP contribution in [0.3, 0.4) is 0 Å². The molecule has 1 N–H and O–H groups in total. The molecule has 0 saturated heterocycles. The Labute approximate surface area is 116 Å². The van der Waals surface area contributed by atoms with Gasteiger partial charge in [-0.05, 0) is 41.1 Å². The molecule has 2 aromatic carbocycles. The second-order valence-electron chi connectivity index (χ2n) is 4.33. The third-order valence-corrected chi connectivity index (χ3v) is 2.96. The number of phenolic OH excluding ortho intramolecular Hbond substituents is 1. The summed E-state index contributed by atoms with van der Waals surface area (Å²) < 4.78 is 10.7. The van der Waals surface area contributed by atoms with Crippen LogP contribution in [-0.4, -0.2) is 17.2 Å². The van der Waals surface area contributed by atoms with E-state index in [0.29, 0.717) is 17.4 Å². The first kappa shape index (κ1) is 12.3. The van der Waals surface area contributed by atoms with Crippen LogP contribution < -0.4 is 9.47 Å². The van der Waals surface area contributed by atoms with E-state index >= 15 is 0 Å². The first-order chi connectivity index (χ1) is 9.74. The van der Waals surface area contributed by atoms with Gasteiger partial charge in [0.15, 0.2) is 0 Å². The van der Waals surface area contributed by atoms with Crippen LogP contribution in [0.4, 0.5) is 0 Å². The van der Waals surface area contributed by atoms with Crippen LogP contribution in [0.15, 0.2) is 54.7 Å². The number of aromatic hydroxyl groups is 1. The van der Waals surface area contributed by atoms with E-state index < -0.39 is 0 Å². The second kappa shape index (κ2) is 5.09. The summed E-state index contributed by atoms with van der Waals surface area (Å²) in [5.74, 6) is 2.07. The van der Waals surface area contributed by atoms with Gasteiger partial charge in [0.05, 0.1) is 13.3 Å². The summed E-state index contributed by atoms with van der Waals surface area (Å²) in [4.78, 5) is 4.15. The third-order valence-electron chi connectivity index (χ3n) is 2.96. The summed E-state index contributed by atoms with van der Waals surface area (Å²) in [7, 11) is 1.59. The predicted molar refractivity (Wildman–Crippen MR) is 76.5 cm³/mol. The Morgan fingerprint density at radius 3 is 2.45 bits per heavy atom. The molecule has 4 nitrogen and oxygen atoms in total. The van der Waals surface area contributed by atoms with Gasteiger partial charge in [-0.1, -0.05) is 12.1 Å². The summed E-state index contributed by atoms with van der Waals surface area (Å²) in [6.07, 6.45) is 1.60. The molecule has 3 rings (SSSR count). The minimum Gasteiger partial charge on any atom is -0.508 e. The molecule has 0 aliphatic carbocycles. The van der Waals surface area contributed by atoms with Crippen molar-refractivity contribution in [3.05, 3.63) is 54.7 Å². The SMILES string of the molecule is COc1ccc(Oc2ccc3ccc(O)cc3c2)nc1. The van der Waals surface area contributed by atoms with Crippen LogP contribution in [0, 0.1) is 0 Å². The van der Waals surface area contributed by atoms with Crippen LogP contribution >= 0.6 is 0 Å². The molecule has 0 atom stereocenters. The number of methoxy groups -OCH3 is 1. The minimum atomic E-state index is 0.234. The van der Waals surface area contributed by atoms with Gasteiger partial charge in [-0.3, -0.25) is 0 Å². The molecule has 1 heterocycles. The Morgan fingerprint density at radius 2 is 1.70 bits per heavy atom. The topological polar surface area (TPSA) is 51.6 Å². The summed E-state index contributed by atoms with van der Waals surface area (Å²) in [6.45, 7) is 0. The Bertz CT molecular complexity index is 738. The molecule has 0 spiro atoms. The molecule has 0 aliphatic rings. The molecule has 4 heteroatoms. The highest BCUT2D eigenvalue weighted by molar-refractivity contribution is 5.85. The molecule has 0 saturated carbocycles. The van der Waals surface area contributed by atoms with E-state index in [1.54, 1.807) is 37.6 Å². The highest BCUT2D eigenvalue weighted by atomic mass is 16.5. The zero-order valence-electron chi connectivity index (χ0n) is 10.9. The number of nitrogens with zero attached hydrogens (tertiary/aromatic N) is 1. The number of rotatable bonds is 3. The maximum atomic E-state index is 9.50. The third kappa shape index (κ3) is 2.49. The molecule has 0 bridgehead atoms. The van der Waals surface area contributed by atoms with E-state index in [2.05, 4.69) is 4.98 Å². The number of hydrogen-bond acceptors (Lipinski definition) is 4. The standard InChI is InChI=1S/C16H13NO3/c1-19-15-6-7-16(17-10-15)20-14-5-3-11-2-4-13(18)8-12(11)9-14/h2-10,18H,1H3. The lowest BCUT2D eigenvalue weighted by atomic mass is 10.1. The molecule has 0 fully saturated rings. The summed E-state index contributed by atoms with van der Waals surface area (Å²) >= 11 is 0. The van der Waals surface area contributed by atoms with E-state index in [9.17, 15) is 5.11 Å². The van der Waals surface area contributed by atoms with Gasteiger partial charge >= 0.3 is 0 Å². The van der Waals surface area contributed by atoms with Gasteiger partial charge < -0.3 is 14.6 Å². The normalized spacial score (nSPS) is 10.4. The molecule has 0 unspecified atom stereocenters. The van der Waals surface area contributed by atoms with Gasteiger partial charge in [0.1, 0.15) is 17.2 Å². The van der Waals surface area contributed by atoms with Crippen molar-refractivity contribution in [2.24, 2.45) is 0 Å². The molecule has 3 aromatic rings. The lowest BCUT2D eigenvalue weighted by Crippen LogP contribution is -1.89. The molecule has 1 aromatic heterocycles. The van der Waals surface area contributed by atoms with Crippen molar-refractivity contribution >= 4 is 10.8 Å². The predicted octanol–water partition coefficient (Wildman–Crippen LogP) is 3.74. The molecule has 0 aliphatic heterocycles. The quantitative estimate of drug-likeness (QED) is 0.785. The number of fused-ring (bicyclic) bond motifs is 1. The number of pyridine rings is 1. The Hall–Kier alpha value is -2.75. The van der Waals surface area contributed by atoms with E-state index in [0.717, 1.165) is 10.8 Å². The van der Waals surface area contributed by atoms with Crippen LogP contribution in [0.25, 0.3) is 10.8 Å². The van der Waals surface area contributed by atoms with Crippen molar-refractivity contribution in [2.45, 2.75) is 0 Å². The van der Waals surface area contributed by atoms with Crippen molar-refractivity contribution < 1.29 is 14.6 Å². The fraction of sp³-hybridized carbons (Fsp3) is 0.0625. The van der Waals surface area contributed by atoms with Crippen LogP contribution in [0.2, 0.25) is 0 Å². The number of ether oxygens (including phenoxy) is 2. The second-order valence-corrected chi connectivity index (χ2v) is 4.33. The number of aromatic nitrogens is 1. The molecule has 100 valence electrons. The number of phenols is 1. The highest BCUT2D eigenvalue weighted by Gasteiger charge is 2.02.